The van der Waals surface area contributed by atoms with Crippen LogP contribution in [0.3, 0.4) is 0 Å². The van der Waals surface area contributed by atoms with Gasteiger partial charge in [0.25, 0.3) is 0 Å². The highest BCUT2D eigenvalue weighted by Crippen LogP contribution is 2.53. The molecule has 0 bridgehead atoms. The smallest absolute Gasteiger partial charge is 0.127 e. The number of allylic oxidation sites excluding steroid dienone is 2. The molecular weight excluding hydrogens is 284 g/mol. The lowest BCUT2D eigenvalue weighted by molar-refractivity contribution is 0.0107. The SMILES string of the molecule is [2H]C([2H])([2H])C1=C[C@@]2([2H])c3c(O)cc(CCCCC)cc3OC(C([2H])([2H])[2H])(C([2H])([2H])[2H])[C@@H]2CC1([2H])[2H]. The second-order valence-electron chi connectivity index (χ2n) is 6.23. The average Bonchev–Trinajstić information content (AvgIpc) is 2.64. The van der Waals surface area contributed by atoms with Crippen LogP contribution in [0.15, 0.2) is 23.8 Å². The number of phenols is 1. The van der Waals surface area contributed by atoms with E-state index in [4.69, 9.17) is 19.8 Å². The second kappa shape index (κ2) is 6.22. The molecule has 0 fully saturated rings. The van der Waals surface area contributed by atoms with Crippen LogP contribution in [-0.4, -0.2) is 10.7 Å². The van der Waals surface area contributed by atoms with E-state index in [0.717, 1.165) is 25.3 Å². The molecule has 3 rings (SSSR count). The lowest BCUT2D eigenvalue weighted by Crippen LogP contribution is -2.45. The van der Waals surface area contributed by atoms with Crippen molar-refractivity contribution in [3.8, 4) is 11.5 Å². The first-order valence-electron chi connectivity index (χ1n) is 14.0. The Morgan fingerprint density at radius 1 is 1.43 bits per heavy atom. The van der Waals surface area contributed by atoms with E-state index in [-0.39, 0.29) is 11.3 Å². The molecule has 2 atom stereocenters. The highest BCUT2D eigenvalue weighted by atomic mass is 16.5. The number of ether oxygens (including phenoxy) is 1. The van der Waals surface area contributed by atoms with Crippen LogP contribution in [0.4, 0.5) is 0 Å². The predicted molar refractivity (Wildman–Crippen MR) is 95.3 cm³/mol. The monoisotopic (exact) mass is 326 g/mol. The molecule has 23 heavy (non-hydrogen) atoms. The summed E-state index contributed by atoms with van der Waals surface area (Å²) in [6.45, 7) is -7.65. The molecule has 1 aliphatic heterocycles. The molecule has 0 radical (unpaired) electrons. The topological polar surface area (TPSA) is 29.5 Å². The van der Waals surface area contributed by atoms with Crippen LogP contribution >= 0.6 is 0 Å². The summed E-state index contributed by atoms with van der Waals surface area (Å²) >= 11 is 0. The minimum absolute atomic E-state index is 0.261. The summed E-state index contributed by atoms with van der Waals surface area (Å²) in [4.78, 5) is 0. The molecule has 126 valence electrons. The van der Waals surface area contributed by atoms with Gasteiger partial charge in [0.05, 0.1) is 0 Å². The maximum absolute atomic E-state index is 10.9. The molecule has 0 amide bonds. The third-order valence-electron chi connectivity index (χ3n) is 4.43. The summed E-state index contributed by atoms with van der Waals surface area (Å²) in [5, 5.41) is 10.9. The van der Waals surface area contributed by atoms with Gasteiger partial charge in [-0.15, -0.1) is 0 Å². The quantitative estimate of drug-likeness (QED) is 0.565. The number of rotatable bonds is 4. The van der Waals surface area contributed by atoms with E-state index in [1.165, 1.54) is 12.1 Å². The fourth-order valence-corrected chi connectivity index (χ4v) is 3.23. The van der Waals surface area contributed by atoms with Gasteiger partial charge in [-0.25, -0.2) is 0 Å². The number of hydrogen-bond donors (Lipinski definition) is 1. The van der Waals surface area contributed by atoms with Crippen LogP contribution in [0.25, 0.3) is 0 Å². The normalized spacial score (nSPS) is 39.9. The lowest BCUT2D eigenvalue weighted by atomic mass is 9.68. The van der Waals surface area contributed by atoms with Gasteiger partial charge in [0.2, 0.25) is 0 Å². The van der Waals surface area contributed by atoms with Crippen molar-refractivity contribution in [2.45, 2.75) is 77.5 Å². The molecule has 1 aliphatic carbocycles. The van der Waals surface area contributed by atoms with Crippen LogP contribution in [0.5, 0.6) is 11.5 Å². The van der Waals surface area contributed by atoms with Gasteiger partial charge >= 0.3 is 0 Å². The first kappa shape index (κ1) is 7.21. The van der Waals surface area contributed by atoms with Gasteiger partial charge in [0.15, 0.2) is 0 Å². The van der Waals surface area contributed by atoms with Gasteiger partial charge < -0.3 is 9.84 Å². The number of hydrogen-bond acceptors (Lipinski definition) is 2. The van der Waals surface area contributed by atoms with E-state index in [9.17, 15) is 6.48 Å². The number of phenolic OH excluding ortho intramolecular Hbond substituents is 1. The molecule has 2 nitrogen and oxygen atoms in total. The summed E-state index contributed by atoms with van der Waals surface area (Å²) in [6.07, 6.45) is 0.274. The van der Waals surface area contributed by atoms with Crippen molar-refractivity contribution < 1.29 is 26.3 Å². The Labute approximate surface area is 157 Å². The van der Waals surface area contributed by atoms with Gasteiger partial charge in [0.1, 0.15) is 17.1 Å². The summed E-state index contributed by atoms with van der Waals surface area (Å²) in [7, 11) is 0. The zero-order valence-electron chi connectivity index (χ0n) is 25.2. The number of fused-ring (bicyclic) bond motifs is 3. The highest BCUT2D eigenvalue weighted by Gasteiger charge is 2.45. The van der Waals surface area contributed by atoms with Gasteiger partial charge in [-0.2, -0.15) is 0 Å². The van der Waals surface area contributed by atoms with Crippen molar-refractivity contribution in [1.29, 1.82) is 0 Å². The van der Waals surface area contributed by atoms with E-state index < -0.39 is 62.1 Å². The highest BCUT2D eigenvalue weighted by molar-refractivity contribution is 5.53. The van der Waals surface area contributed by atoms with Crippen LogP contribution in [-0.2, 0) is 6.42 Å². The van der Waals surface area contributed by atoms with E-state index in [0.29, 0.717) is 12.0 Å². The molecule has 2 aliphatic rings. The van der Waals surface area contributed by atoms with Crippen molar-refractivity contribution in [3.63, 3.8) is 0 Å². The summed E-state index contributed by atoms with van der Waals surface area (Å²) in [5.74, 6) is -5.03. The van der Waals surface area contributed by atoms with Crippen molar-refractivity contribution in [2.24, 2.45) is 5.92 Å². The fraction of sp³-hybridized carbons (Fsp3) is 0.619. The Hall–Kier alpha value is -1.44. The Balaban J connectivity index is 2.41. The van der Waals surface area contributed by atoms with Crippen molar-refractivity contribution >= 4 is 0 Å². The second-order valence-corrected chi connectivity index (χ2v) is 6.23. The first-order chi connectivity index (χ1) is 15.7. The predicted octanol–water partition coefficient (Wildman–Crippen LogP) is 5.74. The van der Waals surface area contributed by atoms with Crippen molar-refractivity contribution in [3.05, 3.63) is 34.9 Å². The molecule has 1 N–H and O–H groups in total. The number of benzene rings is 1. The Bertz CT molecular complexity index is 991. The zero-order valence-corrected chi connectivity index (χ0v) is 13.2. The van der Waals surface area contributed by atoms with E-state index in [1.54, 1.807) is 0 Å². The fourth-order valence-electron chi connectivity index (χ4n) is 3.23. The number of unbranched alkanes of at least 4 members (excludes halogenated alkanes) is 2. The van der Waals surface area contributed by atoms with E-state index in [1.807, 2.05) is 6.92 Å². The van der Waals surface area contributed by atoms with Gasteiger partial charge in [0, 0.05) is 33.8 Å². The molecule has 1 aromatic rings. The van der Waals surface area contributed by atoms with Gasteiger partial charge in [-0.1, -0.05) is 31.4 Å². The van der Waals surface area contributed by atoms with Gasteiger partial charge in [-0.05, 0) is 63.9 Å². The minimum Gasteiger partial charge on any atom is -0.507 e. The molecule has 0 unspecified atom stereocenters. The average molecular weight is 327 g/mol. The molecule has 0 saturated heterocycles. The van der Waals surface area contributed by atoms with Crippen LogP contribution in [0, 0.1) is 5.92 Å². The Kier molecular flexibility index (Phi) is 1.95. The number of aryl methyl sites for hydroxylation is 1. The maximum Gasteiger partial charge on any atom is 0.127 e. The number of aromatic hydroxyl groups is 1. The maximum atomic E-state index is 10.9. The third-order valence-corrected chi connectivity index (χ3v) is 4.43. The van der Waals surface area contributed by atoms with E-state index >= 15 is 0 Å². The van der Waals surface area contributed by atoms with Crippen LogP contribution < -0.4 is 4.74 Å². The van der Waals surface area contributed by atoms with Crippen molar-refractivity contribution in [2.75, 3.05) is 0 Å². The van der Waals surface area contributed by atoms with E-state index in [2.05, 4.69) is 0 Å². The van der Waals surface area contributed by atoms with Crippen molar-refractivity contribution in [1.82, 2.24) is 0 Å². The standard InChI is InChI=1S/C21H30O2/c1-5-6-7-8-15-12-18(22)20-16-11-14(2)9-10-17(16)21(3,4)23-19(20)13-15/h11-13,16-17,22H,5-10H2,1-4H3/t16-,17-/m1/s1/i2D3,3D3,4D3,9D2,16D. The molecule has 0 saturated carbocycles. The summed E-state index contributed by atoms with van der Waals surface area (Å²) in [6, 6.07) is 2.78. The lowest BCUT2D eigenvalue weighted by Gasteiger charge is -2.46. The largest absolute Gasteiger partial charge is 0.507 e. The first-order valence-corrected chi connectivity index (χ1v) is 8.01. The third kappa shape index (κ3) is 3.13. The Morgan fingerprint density at radius 3 is 3.04 bits per heavy atom. The molecule has 1 heterocycles. The van der Waals surface area contributed by atoms with Crippen LogP contribution in [0.2, 0.25) is 0 Å². The molecule has 1 aromatic carbocycles. The van der Waals surface area contributed by atoms with Crippen LogP contribution in [0.1, 0.15) is 93.0 Å². The van der Waals surface area contributed by atoms with Gasteiger partial charge in [-0.3, -0.25) is 0 Å². The Morgan fingerprint density at radius 2 is 2.30 bits per heavy atom. The molecule has 0 spiro atoms. The molecule has 0 aromatic heterocycles. The zero-order chi connectivity index (χ0) is 26.8. The summed E-state index contributed by atoms with van der Waals surface area (Å²) < 4.78 is 104. The minimum atomic E-state index is -3.35. The summed E-state index contributed by atoms with van der Waals surface area (Å²) in [5.41, 5.74) is -3.47. The molecule has 2 heteroatoms. The molecular formula is C21H30O2.